The number of rotatable bonds is 11. The number of methoxy groups -OCH3 is 1. The average Bonchev–Trinajstić information content (AvgIpc) is 2.87. The number of likely N-dealkylation sites (tertiary alicyclic amines) is 1. The first kappa shape index (κ1) is 25.1. The Morgan fingerprint density at radius 1 is 1.20 bits per heavy atom. The van der Waals surface area contributed by atoms with Gasteiger partial charge >= 0.3 is 5.97 Å². The molecule has 0 spiro atoms. The summed E-state index contributed by atoms with van der Waals surface area (Å²) in [7, 11) is 1.60. The van der Waals surface area contributed by atoms with Crippen LogP contribution in [-0.4, -0.2) is 47.7 Å². The van der Waals surface area contributed by atoms with Gasteiger partial charge in [-0.25, -0.2) is 4.39 Å². The Kier molecular flexibility index (Phi) is 8.69. The molecule has 6 heteroatoms. The van der Waals surface area contributed by atoms with Crippen molar-refractivity contribution in [2.75, 3.05) is 26.7 Å². The number of alkyl halides is 1. The van der Waals surface area contributed by atoms with Gasteiger partial charge in [-0.05, 0) is 92.4 Å². The number of halogens is 1. The second-order valence-corrected chi connectivity index (χ2v) is 9.62. The third-order valence-electron chi connectivity index (χ3n) is 7.31. The molecule has 3 atom stereocenters. The number of pyridine rings is 1. The van der Waals surface area contributed by atoms with E-state index in [9.17, 15) is 9.90 Å². The Bertz CT molecular complexity index is 1110. The number of carboxylic acid groups (broad SMARTS) is 1. The van der Waals surface area contributed by atoms with E-state index in [4.69, 9.17) is 4.74 Å². The number of hydrogen-bond donors (Lipinski definition) is 1. The highest BCUT2D eigenvalue weighted by molar-refractivity contribution is 5.83. The molecule has 0 saturated carbocycles. The van der Waals surface area contributed by atoms with Crippen molar-refractivity contribution in [2.24, 2.45) is 11.8 Å². The Labute approximate surface area is 206 Å². The fraction of sp³-hybridized carbons (Fsp3) is 0.448. The van der Waals surface area contributed by atoms with E-state index in [1.54, 1.807) is 19.4 Å². The van der Waals surface area contributed by atoms with Crippen LogP contribution in [0.1, 0.15) is 49.4 Å². The smallest absolute Gasteiger partial charge is 0.303 e. The monoisotopic (exact) mass is 478 g/mol. The van der Waals surface area contributed by atoms with Crippen LogP contribution >= 0.6 is 0 Å². The first-order chi connectivity index (χ1) is 17.0. The van der Waals surface area contributed by atoms with Gasteiger partial charge in [0.2, 0.25) is 0 Å². The predicted octanol–water partition coefficient (Wildman–Crippen LogP) is 6.08. The molecule has 1 saturated heterocycles. The lowest BCUT2D eigenvalue weighted by Crippen LogP contribution is -2.42. The molecule has 4 rings (SSSR count). The van der Waals surface area contributed by atoms with Crippen LogP contribution in [0.25, 0.3) is 10.9 Å². The number of aliphatic carboxylic acids is 1. The van der Waals surface area contributed by atoms with Crippen LogP contribution in [0.2, 0.25) is 0 Å². The van der Waals surface area contributed by atoms with Crippen LogP contribution in [0.15, 0.2) is 60.8 Å². The summed E-state index contributed by atoms with van der Waals surface area (Å²) in [5, 5.41) is 10.3. The summed E-state index contributed by atoms with van der Waals surface area (Å²) in [4.78, 5) is 18.3. The lowest BCUT2D eigenvalue weighted by Gasteiger charge is -2.38. The van der Waals surface area contributed by atoms with Crippen molar-refractivity contribution in [1.82, 2.24) is 9.88 Å². The Hall–Kier alpha value is -2.99. The van der Waals surface area contributed by atoms with E-state index in [1.165, 1.54) is 5.56 Å². The Balaban J connectivity index is 1.35. The van der Waals surface area contributed by atoms with Gasteiger partial charge in [0.05, 0.1) is 12.6 Å². The van der Waals surface area contributed by atoms with Crippen molar-refractivity contribution < 1.29 is 19.0 Å². The summed E-state index contributed by atoms with van der Waals surface area (Å²) < 4.78 is 20.8. The first-order valence-electron chi connectivity index (χ1n) is 12.6. The number of hydrogen-bond acceptors (Lipinski definition) is 4. The van der Waals surface area contributed by atoms with Gasteiger partial charge in [0.1, 0.15) is 11.9 Å². The Morgan fingerprint density at radius 2 is 2.03 bits per heavy atom. The fourth-order valence-corrected chi connectivity index (χ4v) is 5.41. The highest BCUT2D eigenvalue weighted by atomic mass is 19.1. The molecule has 0 amide bonds. The lowest BCUT2D eigenvalue weighted by molar-refractivity contribution is -0.139. The normalized spacial score (nSPS) is 19.5. The van der Waals surface area contributed by atoms with Crippen LogP contribution in [0.3, 0.4) is 0 Å². The molecule has 0 bridgehead atoms. The zero-order valence-corrected chi connectivity index (χ0v) is 20.4. The van der Waals surface area contributed by atoms with Gasteiger partial charge < -0.3 is 14.7 Å². The van der Waals surface area contributed by atoms with Crippen LogP contribution in [0.5, 0.6) is 5.75 Å². The maximum absolute atomic E-state index is 15.5. The van der Waals surface area contributed by atoms with Crippen LogP contribution in [-0.2, 0) is 11.2 Å². The standard InChI is InChI=1S/C29H35FN2O3/c1-35-24-10-12-28-26(19-24)25(13-15-31-28)27(30)11-9-22-14-17-32(20-23(22)18-29(33)34)16-5-8-21-6-3-2-4-7-21/h2-4,6-7,10,12-13,15,19,22-23,27H,5,8-9,11,14,16-18,20H2,1H3,(H,33,34)/t22-,23+,27+/m1/s1. The summed E-state index contributed by atoms with van der Waals surface area (Å²) in [5.74, 6) is 0.187. The fourth-order valence-electron chi connectivity index (χ4n) is 5.41. The van der Waals surface area contributed by atoms with E-state index in [0.717, 1.165) is 49.8 Å². The SMILES string of the molecule is COc1ccc2nccc([C@@H](F)CC[C@@H]3CCN(CCCc4ccccc4)C[C@@H]3CC(=O)O)c2c1. The van der Waals surface area contributed by atoms with Gasteiger partial charge in [-0.3, -0.25) is 9.78 Å². The number of aryl methyl sites for hydroxylation is 1. The molecule has 186 valence electrons. The van der Waals surface area contributed by atoms with Crippen molar-refractivity contribution in [3.8, 4) is 5.75 Å². The number of carbonyl (C=O) groups is 1. The van der Waals surface area contributed by atoms with Gasteiger partial charge in [0, 0.05) is 24.5 Å². The second kappa shape index (κ2) is 12.1. The van der Waals surface area contributed by atoms with Gasteiger partial charge in [-0.15, -0.1) is 0 Å². The van der Waals surface area contributed by atoms with Crippen LogP contribution in [0.4, 0.5) is 4.39 Å². The van der Waals surface area contributed by atoms with Crippen molar-refractivity contribution in [3.05, 3.63) is 71.9 Å². The number of piperidine rings is 1. The number of carboxylic acids is 1. The third kappa shape index (κ3) is 6.79. The molecule has 0 unspecified atom stereocenters. The summed E-state index contributed by atoms with van der Waals surface area (Å²) in [5.41, 5.74) is 2.71. The second-order valence-electron chi connectivity index (χ2n) is 9.62. The molecule has 1 N–H and O–H groups in total. The van der Waals surface area contributed by atoms with Gasteiger partial charge in [-0.1, -0.05) is 30.3 Å². The van der Waals surface area contributed by atoms with E-state index in [-0.39, 0.29) is 18.3 Å². The number of nitrogens with zero attached hydrogens (tertiary/aromatic N) is 2. The topological polar surface area (TPSA) is 62.7 Å². The molecular weight excluding hydrogens is 443 g/mol. The summed E-state index contributed by atoms with van der Waals surface area (Å²) >= 11 is 0. The molecule has 1 aliphatic rings. The van der Waals surface area contributed by atoms with Crippen LogP contribution in [0, 0.1) is 11.8 Å². The maximum Gasteiger partial charge on any atom is 0.303 e. The third-order valence-corrected chi connectivity index (χ3v) is 7.31. The van der Waals surface area contributed by atoms with Gasteiger partial charge in [0.25, 0.3) is 0 Å². The van der Waals surface area contributed by atoms with E-state index >= 15 is 4.39 Å². The molecular formula is C29H35FN2O3. The van der Waals surface area contributed by atoms with Crippen molar-refractivity contribution in [1.29, 1.82) is 0 Å². The van der Waals surface area contributed by atoms with Crippen molar-refractivity contribution in [3.63, 3.8) is 0 Å². The molecule has 35 heavy (non-hydrogen) atoms. The van der Waals surface area contributed by atoms with Gasteiger partial charge in [-0.2, -0.15) is 0 Å². The van der Waals surface area contributed by atoms with Crippen LogP contribution < -0.4 is 4.74 Å². The molecule has 1 aromatic heterocycles. The molecule has 0 radical (unpaired) electrons. The zero-order valence-electron chi connectivity index (χ0n) is 20.4. The minimum Gasteiger partial charge on any atom is -0.497 e. The molecule has 0 aliphatic carbocycles. The minimum absolute atomic E-state index is 0.0550. The highest BCUT2D eigenvalue weighted by Crippen LogP contribution is 2.36. The molecule has 1 aliphatic heterocycles. The Morgan fingerprint density at radius 3 is 2.80 bits per heavy atom. The predicted molar refractivity (Wildman–Crippen MR) is 136 cm³/mol. The lowest BCUT2D eigenvalue weighted by atomic mass is 9.79. The van der Waals surface area contributed by atoms with Crippen molar-refractivity contribution in [2.45, 2.75) is 44.7 Å². The molecule has 3 aromatic rings. The summed E-state index contributed by atoms with van der Waals surface area (Å²) in [6.45, 7) is 2.69. The number of ether oxygens (including phenoxy) is 1. The van der Waals surface area contributed by atoms with E-state index in [1.807, 2.05) is 24.3 Å². The quantitative estimate of drug-likeness (QED) is 0.362. The van der Waals surface area contributed by atoms with E-state index in [2.05, 4.69) is 34.1 Å². The minimum atomic E-state index is -1.12. The van der Waals surface area contributed by atoms with E-state index in [0.29, 0.717) is 24.2 Å². The molecule has 2 aromatic carbocycles. The molecule has 5 nitrogen and oxygen atoms in total. The number of benzene rings is 2. The molecule has 2 heterocycles. The largest absolute Gasteiger partial charge is 0.497 e. The number of aromatic nitrogens is 1. The highest BCUT2D eigenvalue weighted by Gasteiger charge is 2.31. The average molecular weight is 479 g/mol. The summed E-state index contributed by atoms with van der Waals surface area (Å²) in [6.07, 6.45) is 4.74. The van der Waals surface area contributed by atoms with E-state index < -0.39 is 12.1 Å². The number of fused-ring (bicyclic) bond motifs is 1. The molecule has 1 fully saturated rings. The zero-order chi connectivity index (χ0) is 24.6. The van der Waals surface area contributed by atoms with Gasteiger partial charge in [0.15, 0.2) is 0 Å². The van der Waals surface area contributed by atoms with Crippen molar-refractivity contribution >= 4 is 16.9 Å². The first-order valence-corrected chi connectivity index (χ1v) is 12.6. The maximum atomic E-state index is 15.5. The summed E-state index contributed by atoms with van der Waals surface area (Å²) in [6, 6.07) is 17.7.